The highest BCUT2D eigenvalue weighted by atomic mass is 35.5. The van der Waals surface area contributed by atoms with Crippen molar-refractivity contribution in [3.63, 3.8) is 0 Å². The van der Waals surface area contributed by atoms with Crippen molar-refractivity contribution >= 4 is 46.2 Å². The number of aromatic nitrogens is 4. The van der Waals surface area contributed by atoms with Crippen molar-refractivity contribution in [1.82, 2.24) is 29.3 Å². The van der Waals surface area contributed by atoms with E-state index in [1.807, 2.05) is 0 Å². The van der Waals surface area contributed by atoms with Crippen LogP contribution in [0.15, 0.2) is 35.3 Å². The van der Waals surface area contributed by atoms with E-state index in [2.05, 4.69) is 20.3 Å². The zero-order valence-electron chi connectivity index (χ0n) is 23.9. The summed E-state index contributed by atoms with van der Waals surface area (Å²) >= 11 is 6.23. The molecule has 0 bridgehead atoms. The van der Waals surface area contributed by atoms with Crippen LogP contribution < -0.4 is 10.9 Å². The third-order valence-corrected chi connectivity index (χ3v) is 6.84. The van der Waals surface area contributed by atoms with Gasteiger partial charge >= 0.3 is 12.3 Å². The standard InChI is InChI=1S/C27H30ClF4N7O5/c1-37(2)21(40)7-5-4-6-15(13-38(3)26(43)44)24(41)34-18-8-9-19(28)39(25(18)42)14-20-35-22-16(29)12-33-17(23(22)36-20)10-11-27(30,31)32/h5,7-9,12,15H,4,6,10-11,13-14H2,1-3H3,(H,34,41)(H,35,36)(H,43,44)/b7-5+/t15-/m0/s1. The molecule has 44 heavy (non-hydrogen) atoms. The number of likely N-dealkylation sites (N-methyl/N-ethyl adjacent to an activating group) is 1. The van der Waals surface area contributed by atoms with Crippen molar-refractivity contribution in [3.05, 3.63) is 63.3 Å². The molecule has 0 fully saturated rings. The maximum Gasteiger partial charge on any atom is 0.407 e. The first-order valence-electron chi connectivity index (χ1n) is 13.2. The van der Waals surface area contributed by atoms with Crippen molar-refractivity contribution < 1.29 is 37.1 Å². The second-order valence-corrected chi connectivity index (χ2v) is 10.5. The third kappa shape index (κ3) is 9.02. The molecule has 0 saturated heterocycles. The first-order chi connectivity index (χ1) is 20.6. The number of aromatic amines is 1. The monoisotopic (exact) mass is 643 g/mol. The number of nitrogens with one attached hydrogen (secondary N) is 2. The number of nitrogens with zero attached hydrogens (tertiary/aromatic N) is 5. The Kier molecular flexibility index (Phi) is 11.1. The number of hydrogen-bond donors (Lipinski definition) is 3. The number of carboxylic acid groups (broad SMARTS) is 1. The van der Waals surface area contributed by atoms with Crippen LogP contribution in [0.5, 0.6) is 0 Å². The van der Waals surface area contributed by atoms with Crippen molar-refractivity contribution in [2.75, 3.05) is 33.0 Å². The maximum absolute atomic E-state index is 14.4. The fraction of sp³-hybridized carbons (Fsp3) is 0.407. The molecule has 0 aromatic carbocycles. The number of hydrogen-bond acceptors (Lipinski definition) is 6. The molecule has 3 amide bonds. The number of carbonyl (C=O) groups excluding carboxylic acids is 2. The number of fused-ring (bicyclic) bond motifs is 1. The van der Waals surface area contributed by atoms with Crippen LogP contribution in [0.3, 0.4) is 0 Å². The van der Waals surface area contributed by atoms with Crippen LogP contribution in [0.25, 0.3) is 11.0 Å². The molecule has 17 heteroatoms. The molecular weight excluding hydrogens is 614 g/mol. The number of alkyl halides is 3. The molecule has 3 aromatic rings. The van der Waals surface area contributed by atoms with E-state index >= 15 is 0 Å². The van der Waals surface area contributed by atoms with Gasteiger partial charge in [-0.2, -0.15) is 13.2 Å². The Morgan fingerprint density at radius 3 is 2.57 bits per heavy atom. The average Bonchev–Trinajstić information content (AvgIpc) is 3.37. The second kappa shape index (κ2) is 14.3. The highest BCUT2D eigenvalue weighted by Gasteiger charge is 2.28. The number of halogens is 5. The number of amides is 3. The fourth-order valence-corrected chi connectivity index (χ4v) is 4.32. The number of rotatable bonds is 12. The summed E-state index contributed by atoms with van der Waals surface area (Å²) in [5.41, 5.74) is -1.34. The van der Waals surface area contributed by atoms with Crippen LogP contribution in [-0.4, -0.2) is 86.2 Å². The lowest BCUT2D eigenvalue weighted by Gasteiger charge is -2.21. The van der Waals surface area contributed by atoms with E-state index in [9.17, 15) is 41.8 Å². The van der Waals surface area contributed by atoms with Crippen LogP contribution in [-0.2, 0) is 22.6 Å². The van der Waals surface area contributed by atoms with Gasteiger partial charge in [-0.25, -0.2) is 14.2 Å². The Morgan fingerprint density at radius 1 is 1.23 bits per heavy atom. The van der Waals surface area contributed by atoms with Gasteiger partial charge in [-0.3, -0.25) is 23.9 Å². The number of aryl methyl sites for hydroxylation is 1. The summed E-state index contributed by atoms with van der Waals surface area (Å²) in [5, 5.41) is 11.7. The number of carbonyl (C=O) groups is 3. The maximum atomic E-state index is 14.4. The highest BCUT2D eigenvalue weighted by Crippen LogP contribution is 2.25. The number of allylic oxidation sites excluding steroid dienone is 1. The molecule has 1 atom stereocenters. The zero-order chi connectivity index (χ0) is 32.8. The highest BCUT2D eigenvalue weighted by molar-refractivity contribution is 6.29. The fourth-order valence-electron chi connectivity index (χ4n) is 4.12. The summed E-state index contributed by atoms with van der Waals surface area (Å²) in [7, 11) is 4.43. The molecule has 0 spiro atoms. The molecule has 0 aliphatic rings. The van der Waals surface area contributed by atoms with Gasteiger partial charge in [0.05, 0.1) is 29.9 Å². The second-order valence-electron chi connectivity index (χ2n) is 10.1. The molecule has 12 nitrogen and oxygen atoms in total. The molecular formula is C27H30ClF4N7O5. The molecule has 0 aliphatic heterocycles. The minimum Gasteiger partial charge on any atom is -0.465 e. The summed E-state index contributed by atoms with van der Waals surface area (Å²) < 4.78 is 53.7. The molecule has 3 rings (SSSR count). The van der Waals surface area contributed by atoms with Crippen LogP contribution >= 0.6 is 11.6 Å². The number of pyridine rings is 2. The Morgan fingerprint density at radius 2 is 1.93 bits per heavy atom. The third-order valence-electron chi connectivity index (χ3n) is 6.51. The Balaban J connectivity index is 1.84. The molecule has 0 saturated carbocycles. The van der Waals surface area contributed by atoms with Gasteiger partial charge in [0, 0.05) is 40.5 Å². The topological polar surface area (TPSA) is 154 Å². The number of anilines is 1. The SMILES string of the molecule is CN(C)C(=O)/C=C/CC[C@@H](CN(C)C(=O)O)C(=O)Nc1ccc(Cl)n(Cc2nc3c(F)cnc(CCC(F)(F)F)c3[nH]2)c1=O. The van der Waals surface area contributed by atoms with Crippen LogP contribution in [0.4, 0.5) is 28.0 Å². The van der Waals surface area contributed by atoms with E-state index in [-0.39, 0.29) is 65.2 Å². The quantitative estimate of drug-likeness (QED) is 0.153. The lowest BCUT2D eigenvalue weighted by molar-refractivity contribution is -0.134. The molecule has 238 valence electrons. The van der Waals surface area contributed by atoms with Crippen LogP contribution in [0.2, 0.25) is 5.15 Å². The normalized spacial score (nSPS) is 12.5. The van der Waals surface area contributed by atoms with E-state index in [4.69, 9.17) is 11.6 Å². The Hall–Kier alpha value is -4.47. The van der Waals surface area contributed by atoms with Gasteiger partial charge in [-0.15, -0.1) is 0 Å². The summed E-state index contributed by atoms with van der Waals surface area (Å²) in [6.07, 6.45) is -3.38. The van der Waals surface area contributed by atoms with Gasteiger partial charge in [0.1, 0.15) is 22.2 Å². The van der Waals surface area contributed by atoms with Gasteiger partial charge in [0.15, 0.2) is 5.82 Å². The minimum absolute atomic E-state index is 0.00680. The van der Waals surface area contributed by atoms with Gasteiger partial charge in [-0.1, -0.05) is 17.7 Å². The molecule has 3 N–H and O–H groups in total. The van der Waals surface area contributed by atoms with Crippen molar-refractivity contribution in [2.45, 2.75) is 38.4 Å². The average molecular weight is 644 g/mol. The van der Waals surface area contributed by atoms with Gasteiger partial charge in [0.2, 0.25) is 11.8 Å². The first kappa shape index (κ1) is 34.0. The van der Waals surface area contributed by atoms with Crippen LogP contribution in [0.1, 0.15) is 30.8 Å². The minimum atomic E-state index is -4.46. The molecule has 3 heterocycles. The van der Waals surface area contributed by atoms with Gasteiger partial charge < -0.3 is 25.2 Å². The number of H-pyrrole nitrogens is 1. The van der Waals surface area contributed by atoms with Crippen molar-refractivity contribution in [2.24, 2.45) is 5.92 Å². The van der Waals surface area contributed by atoms with E-state index in [1.54, 1.807) is 20.2 Å². The van der Waals surface area contributed by atoms with Gasteiger partial charge in [0.25, 0.3) is 5.56 Å². The van der Waals surface area contributed by atoms with Crippen LogP contribution in [0, 0.1) is 11.7 Å². The molecule has 0 aliphatic carbocycles. The summed E-state index contributed by atoms with van der Waals surface area (Å²) in [6.45, 7) is -0.558. The summed E-state index contributed by atoms with van der Waals surface area (Å²) in [6, 6.07) is 2.57. The van der Waals surface area contributed by atoms with E-state index in [0.717, 1.165) is 15.7 Å². The van der Waals surface area contributed by atoms with Crippen molar-refractivity contribution in [1.29, 1.82) is 0 Å². The van der Waals surface area contributed by atoms with Gasteiger partial charge in [-0.05, 0) is 31.1 Å². The first-order valence-corrected chi connectivity index (χ1v) is 13.6. The smallest absolute Gasteiger partial charge is 0.407 e. The lowest BCUT2D eigenvalue weighted by atomic mass is 10.0. The summed E-state index contributed by atoms with van der Waals surface area (Å²) in [5.74, 6) is -2.72. The van der Waals surface area contributed by atoms with E-state index in [1.165, 1.54) is 30.2 Å². The predicted molar refractivity (Wildman–Crippen MR) is 153 cm³/mol. The van der Waals surface area contributed by atoms with E-state index in [0.29, 0.717) is 0 Å². The lowest BCUT2D eigenvalue weighted by Crippen LogP contribution is -2.37. The molecule has 0 unspecified atom stereocenters. The Labute approximate surface area is 253 Å². The Bertz CT molecular complexity index is 1620. The summed E-state index contributed by atoms with van der Waals surface area (Å²) in [4.78, 5) is 62.4. The van der Waals surface area contributed by atoms with Crippen molar-refractivity contribution in [3.8, 4) is 0 Å². The molecule has 0 radical (unpaired) electrons. The molecule has 3 aromatic heterocycles. The van der Waals surface area contributed by atoms with E-state index < -0.39 is 48.3 Å². The predicted octanol–water partition coefficient (Wildman–Crippen LogP) is 4.04. The largest absolute Gasteiger partial charge is 0.465 e. The zero-order valence-corrected chi connectivity index (χ0v) is 24.7. The number of imidazole rings is 1.